The van der Waals surface area contributed by atoms with Gasteiger partial charge in [0.15, 0.2) is 6.10 Å². The first kappa shape index (κ1) is 66.0. The molecule has 0 saturated heterocycles. The summed E-state index contributed by atoms with van der Waals surface area (Å²) in [4.78, 5) is 35.6. The summed E-state index contributed by atoms with van der Waals surface area (Å²) in [5.74, 6) is -0.805. The molecule has 2 unspecified atom stereocenters. The third-order valence-corrected chi connectivity index (χ3v) is 13.3. The van der Waals surface area contributed by atoms with Gasteiger partial charge in [-0.25, -0.2) is 4.57 Å². The second kappa shape index (κ2) is 49.9. The fourth-order valence-electron chi connectivity index (χ4n) is 7.90. The maximum Gasteiger partial charge on any atom is 0.472 e. The van der Waals surface area contributed by atoms with Crippen LogP contribution in [0.5, 0.6) is 0 Å². The van der Waals surface area contributed by atoms with Gasteiger partial charge in [0.05, 0.1) is 27.7 Å². The normalized spacial score (nSPS) is 13.7. The summed E-state index contributed by atoms with van der Waals surface area (Å²) in [5.41, 5.74) is 0. The summed E-state index contributed by atoms with van der Waals surface area (Å²) < 4.78 is 34.5. The third-order valence-electron chi connectivity index (χ3n) is 12.3. The zero-order chi connectivity index (χ0) is 49.9. The van der Waals surface area contributed by atoms with Gasteiger partial charge in [-0.2, -0.15) is 0 Å². The van der Waals surface area contributed by atoms with E-state index in [0.717, 1.165) is 70.6 Å². The number of carbonyl (C=O) groups is 2. The zero-order valence-corrected chi connectivity index (χ0v) is 46.0. The molecule has 0 rings (SSSR count). The van der Waals surface area contributed by atoms with Crippen LogP contribution in [0.25, 0.3) is 0 Å². The molecule has 10 heteroatoms. The van der Waals surface area contributed by atoms with Crippen LogP contribution >= 0.6 is 7.82 Å². The van der Waals surface area contributed by atoms with Crippen molar-refractivity contribution in [3.05, 3.63) is 48.6 Å². The minimum atomic E-state index is -4.39. The SMILES string of the molecule is CCCCC/C=C\C/C=C\C/C=C\CCCCCCCCC(=O)OC(COC(=O)CCCCCCCCCCCCCCC/C=C\CCCCCCCCCC)COP(=O)(O)OCC[N+](C)(C)C. The topological polar surface area (TPSA) is 108 Å². The van der Waals surface area contributed by atoms with Crippen molar-refractivity contribution < 1.29 is 42.1 Å². The number of ether oxygens (including phenoxy) is 2. The van der Waals surface area contributed by atoms with Crippen LogP contribution < -0.4 is 0 Å². The quantitative estimate of drug-likeness (QED) is 0.0211. The monoisotopic (exact) mass is 979 g/mol. The van der Waals surface area contributed by atoms with E-state index in [2.05, 4.69) is 62.5 Å². The number of quaternary nitrogens is 1. The highest BCUT2D eigenvalue weighted by atomic mass is 31.2. The molecule has 0 aliphatic rings. The Balaban J connectivity index is 4.17. The van der Waals surface area contributed by atoms with Crippen molar-refractivity contribution in [3.63, 3.8) is 0 Å². The van der Waals surface area contributed by atoms with Gasteiger partial charge in [0.25, 0.3) is 0 Å². The Bertz CT molecular complexity index is 1290. The summed E-state index contributed by atoms with van der Waals surface area (Å²) in [6.07, 6.45) is 61.7. The fourth-order valence-corrected chi connectivity index (χ4v) is 8.64. The molecular formula is C58H109NO8P+. The molecule has 0 aromatic carbocycles. The molecule has 0 radical (unpaired) electrons. The van der Waals surface area contributed by atoms with Gasteiger partial charge in [-0.05, 0) is 77.0 Å². The molecule has 0 aromatic heterocycles. The number of likely N-dealkylation sites (N-methyl/N-ethyl adjacent to an activating group) is 1. The lowest BCUT2D eigenvalue weighted by atomic mass is 10.0. The van der Waals surface area contributed by atoms with Crippen LogP contribution in [-0.4, -0.2) is 74.9 Å². The van der Waals surface area contributed by atoms with E-state index in [4.69, 9.17) is 18.5 Å². The van der Waals surface area contributed by atoms with E-state index in [1.165, 1.54) is 154 Å². The Morgan fingerprint density at radius 3 is 1.22 bits per heavy atom. The molecule has 0 fully saturated rings. The van der Waals surface area contributed by atoms with Gasteiger partial charge in [0.2, 0.25) is 0 Å². The lowest BCUT2D eigenvalue weighted by Gasteiger charge is -2.24. The van der Waals surface area contributed by atoms with E-state index < -0.39 is 26.5 Å². The van der Waals surface area contributed by atoms with Crippen molar-refractivity contribution in [3.8, 4) is 0 Å². The Kier molecular flexibility index (Phi) is 48.4. The van der Waals surface area contributed by atoms with Gasteiger partial charge in [-0.1, -0.05) is 217 Å². The summed E-state index contributed by atoms with van der Waals surface area (Å²) in [6, 6.07) is 0. The molecule has 0 aliphatic heterocycles. The van der Waals surface area contributed by atoms with Gasteiger partial charge < -0.3 is 18.9 Å². The van der Waals surface area contributed by atoms with Crippen molar-refractivity contribution >= 4 is 19.8 Å². The molecule has 9 nitrogen and oxygen atoms in total. The second-order valence-corrected chi connectivity index (χ2v) is 21.8. The molecule has 0 amide bonds. The number of allylic oxidation sites excluding steroid dienone is 8. The van der Waals surface area contributed by atoms with E-state index in [1.54, 1.807) is 0 Å². The van der Waals surface area contributed by atoms with E-state index in [0.29, 0.717) is 17.4 Å². The van der Waals surface area contributed by atoms with Crippen LogP contribution in [0.15, 0.2) is 48.6 Å². The average molecular weight is 979 g/mol. The van der Waals surface area contributed by atoms with E-state index >= 15 is 0 Å². The number of carbonyl (C=O) groups excluding carboxylic acids is 2. The molecule has 68 heavy (non-hydrogen) atoms. The summed E-state index contributed by atoms with van der Waals surface area (Å²) >= 11 is 0. The Morgan fingerprint density at radius 1 is 0.456 bits per heavy atom. The smallest absolute Gasteiger partial charge is 0.462 e. The van der Waals surface area contributed by atoms with Crippen LogP contribution in [0.4, 0.5) is 0 Å². The average Bonchev–Trinajstić information content (AvgIpc) is 3.30. The van der Waals surface area contributed by atoms with Crippen LogP contribution in [0.1, 0.15) is 258 Å². The highest BCUT2D eigenvalue weighted by Gasteiger charge is 2.27. The molecular weight excluding hydrogens is 870 g/mol. The molecule has 1 N–H and O–H groups in total. The maximum atomic E-state index is 12.8. The van der Waals surface area contributed by atoms with Crippen LogP contribution in [-0.2, 0) is 32.7 Å². The number of phosphoric ester groups is 1. The molecule has 0 heterocycles. The lowest BCUT2D eigenvalue weighted by Crippen LogP contribution is -2.37. The van der Waals surface area contributed by atoms with Crippen molar-refractivity contribution in [2.45, 2.75) is 264 Å². The van der Waals surface area contributed by atoms with Crippen LogP contribution in [0.2, 0.25) is 0 Å². The Labute approximate surface area is 420 Å². The summed E-state index contributed by atoms with van der Waals surface area (Å²) in [6.45, 7) is 4.41. The van der Waals surface area contributed by atoms with Gasteiger partial charge >= 0.3 is 19.8 Å². The van der Waals surface area contributed by atoms with Crippen LogP contribution in [0, 0.1) is 0 Å². The fraction of sp³-hybridized carbons (Fsp3) is 0.828. The molecule has 398 valence electrons. The minimum absolute atomic E-state index is 0.0284. The van der Waals surface area contributed by atoms with Gasteiger partial charge in [-0.3, -0.25) is 18.6 Å². The van der Waals surface area contributed by atoms with Crippen molar-refractivity contribution in [2.75, 3.05) is 47.5 Å². The summed E-state index contributed by atoms with van der Waals surface area (Å²) in [5, 5.41) is 0. The number of hydrogen-bond donors (Lipinski definition) is 1. The molecule has 0 saturated carbocycles. The molecule has 2 atom stereocenters. The highest BCUT2D eigenvalue weighted by Crippen LogP contribution is 2.43. The number of hydrogen-bond acceptors (Lipinski definition) is 7. The molecule has 0 aliphatic carbocycles. The molecule has 0 bridgehead atoms. The second-order valence-electron chi connectivity index (χ2n) is 20.3. The number of unbranched alkanes of at least 4 members (excludes halogenated alkanes) is 30. The summed E-state index contributed by atoms with van der Waals surface area (Å²) in [7, 11) is 1.47. The number of rotatable bonds is 52. The highest BCUT2D eigenvalue weighted by molar-refractivity contribution is 7.47. The van der Waals surface area contributed by atoms with Crippen molar-refractivity contribution in [2.24, 2.45) is 0 Å². The number of phosphoric acid groups is 1. The Morgan fingerprint density at radius 2 is 0.794 bits per heavy atom. The first-order valence-corrected chi connectivity index (χ1v) is 29.9. The standard InChI is InChI=1S/C58H108NO8P/c1-6-8-10-12-14-16-18-20-22-24-26-27-28-29-30-31-33-34-36-38-40-42-44-46-48-50-57(60)64-54-56(55-66-68(62,63)65-53-52-59(3,4)5)67-58(61)51-49-47-45-43-41-39-37-35-32-25-23-21-19-17-15-13-11-9-7-2/h15,17,21,23-24,26,32,35,56H,6-14,16,18-20,22,25,27-31,33-34,36-55H2,1-5H3/p+1/b17-15-,23-21-,26-24-,35-32-. The predicted octanol–water partition coefficient (Wildman–Crippen LogP) is 17.4. The van der Waals surface area contributed by atoms with Gasteiger partial charge in [0, 0.05) is 12.8 Å². The van der Waals surface area contributed by atoms with E-state index in [1.807, 2.05) is 21.1 Å². The van der Waals surface area contributed by atoms with Crippen LogP contribution in [0.3, 0.4) is 0 Å². The van der Waals surface area contributed by atoms with E-state index in [9.17, 15) is 19.0 Å². The first-order chi connectivity index (χ1) is 33.0. The third kappa shape index (κ3) is 53.3. The largest absolute Gasteiger partial charge is 0.472 e. The lowest BCUT2D eigenvalue weighted by molar-refractivity contribution is -0.870. The Hall–Kier alpha value is -2.03. The predicted molar refractivity (Wildman–Crippen MR) is 289 cm³/mol. The first-order valence-electron chi connectivity index (χ1n) is 28.4. The molecule has 0 spiro atoms. The minimum Gasteiger partial charge on any atom is -0.462 e. The number of esters is 2. The van der Waals surface area contributed by atoms with Crippen molar-refractivity contribution in [1.29, 1.82) is 0 Å². The van der Waals surface area contributed by atoms with Crippen molar-refractivity contribution in [1.82, 2.24) is 0 Å². The van der Waals surface area contributed by atoms with Gasteiger partial charge in [0.1, 0.15) is 19.8 Å². The van der Waals surface area contributed by atoms with E-state index in [-0.39, 0.29) is 32.0 Å². The maximum absolute atomic E-state index is 12.8. The number of nitrogens with zero attached hydrogens (tertiary/aromatic N) is 1. The molecule has 0 aromatic rings. The zero-order valence-electron chi connectivity index (χ0n) is 45.1. The van der Waals surface area contributed by atoms with Gasteiger partial charge in [-0.15, -0.1) is 0 Å².